The molecule has 1 aliphatic rings. The summed E-state index contributed by atoms with van der Waals surface area (Å²) in [7, 11) is 0. The molecule has 0 spiro atoms. The summed E-state index contributed by atoms with van der Waals surface area (Å²) < 4.78 is 5.88. The van der Waals surface area contributed by atoms with Crippen LogP contribution in [0, 0.1) is 0 Å². The number of nitrogens with two attached hydrogens (primary N) is 1. The minimum atomic E-state index is 0.174. The van der Waals surface area contributed by atoms with E-state index in [0.29, 0.717) is 6.04 Å². The fraction of sp³-hybridized carbons (Fsp3) is 0.667. The van der Waals surface area contributed by atoms with Gasteiger partial charge in [-0.1, -0.05) is 0 Å². The van der Waals surface area contributed by atoms with Crippen molar-refractivity contribution in [3.63, 3.8) is 0 Å². The zero-order valence-corrected chi connectivity index (χ0v) is 12.0. The van der Waals surface area contributed by atoms with E-state index in [0.717, 1.165) is 37.5 Å². The maximum Gasteiger partial charge on any atom is 0.171 e. The molecule has 106 valence electrons. The van der Waals surface area contributed by atoms with E-state index in [1.54, 1.807) is 0 Å². The van der Waals surface area contributed by atoms with Crippen LogP contribution < -0.4 is 15.4 Å². The SMILES string of the molecule is CC(C)Oc1cccnc1N1CCCC1CCCN. The molecule has 0 bridgehead atoms. The Bertz CT molecular complexity index is 395. The van der Waals surface area contributed by atoms with Crippen molar-refractivity contribution in [3.05, 3.63) is 18.3 Å². The average molecular weight is 263 g/mol. The van der Waals surface area contributed by atoms with E-state index in [2.05, 4.69) is 9.88 Å². The van der Waals surface area contributed by atoms with Gasteiger partial charge in [0.15, 0.2) is 11.6 Å². The molecular formula is C15H25N3O. The highest BCUT2D eigenvalue weighted by atomic mass is 16.5. The van der Waals surface area contributed by atoms with Crippen molar-refractivity contribution in [2.24, 2.45) is 5.73 Å². The lowest BCUT2D eigenvalue weighted by Crippen LogP contribution is -2.31. The van der Waals surface area contributed by atoms with Crippen LogP contribution in [0.1, 0.15) is 39.5 Å². The molecule has 0 amide bonds. The highest BCUT2D eigenvalue weighted by Gasteiger charge is 2.27. The third-order valence-corrected chi connectivity index (χ3v) is 3.50. The Balaban J connectivity index is 2.15. The summed E-state index contributed by atoms with van der Waals surface area (Å²) >= 11 is 0. The van der Waals surface area contributed by atoms with Crippen LogP contribution in [-0.4, -0.2) is 30.2 Å². The molecule has 1 fully saturated rings. The van der Waals surface area contributed by atoms with E-state index < -0.39 is 0 Å². The quantitative estimate of drug-likeness (QED) is 0.857. The average Bonchev–Trinajstić information content (AvgIpc) is 2.84. The highest BCUT2D eigenvalue weighted by molar-refractivity contribution is 5.53. The molecule has 1 saturated heterocycles. The summed E-state index contributed by atoms with van der Waals surface area (Å²) in [6.45, 7) is 5.93. The zero-order valence-electron chi connectivity index (χ0n) is 12.0. The first-order valence-corrected chi connectivity index (χ1v) is 7.30. The van der Waals surface area contributed by atoms with Gasteiger partial charge in [-0.15, -0.1) is 0 Å². The van der Waals surface area contributed by atoms with E-state index in [4.69, 9.17) is 10.5 Å². The molecule has 1 aromatic rings. The summed E-state index contributed by atoms with van der Waals surface area (Å²) in [4.78, 5) is 6.94. The van der Waals surface area contributed by atoms with Crippen molar-refractivity contribution in [1.29, 1.82) is 0 Å². The fourth-order valence-electron chi connectivity index (χ4n) is 2.71. The van der Waals surface area contributed by atoms with Crippen LogP contribution in [0.4, 0.5) is 5.82 Å². The van der Waals surface area contributed by atoms with Gasteiger partial charge in [-0.05, 0) is 58.2 Å². The van der Waals surface area contributed by atoms with Gasteiger partial charge in [0.1, 0.15) is 0 Å². The molecule has 1 unspecified atom stereocenters. The normalized spacial score (nSPS) is 19.2. The Hall–Kier alpha value is -1.29. The monoisotopic (exact) mass is 263 g/mol. The number of ether oxygens (including phenoxy) is 1. The summed E-state index contributed by atoms with van der Waals surface area (Å²) in [6.07, 6.45) is 6.71. The van der Waals surface area contributed by atoms with Crippen LogP contribution in [0.5, 0.6) is 5.75 Å². The predicted octanol–water partition coefficient (Wildman–Crippen LogP) is 2.58. The molecule has 2 rings (SSSR count). The molecule has 0 aromatic carbocycles. The molecule has 2 N–H and O–H groups in total. The van der Waals surface area contributed by atoms with Gasteiger partial charge in [0.25, 0.3) is 0 Å². The van der Waals surface area contributed by atoms with Gasteiger partial charge < -0.3 is 15.4 Å². The maximum absolute atomic E-state index is 5.88. The highest BCUT2D eigenvalue weighted by Crippen LogP contribution is 2.33. The van der Waals surface area contributed by atoms with E-state index in [1.807, 2.05) is 32.2 Å². The van der Waals surface area contributed by atoms with Gasteiger partial charge in [0.05, 0.1) is 6.10 Å². The number of aromatic nitrogens is 1. The van der Waals surface area contributed by atoms with E-state index in [-0.39, 0.29) is 6.10 Å². The van der Waals surface area contributed by atoms with Gasteiger partial charge in [0.2, 0.25) is 0 Å². The van der Waals surface area contributed by atoms with Crippen LogP contribution in [0.25, 0.3) is 0 Å². The van der Waals surface area contributed by atoms with Crippen LogP contribution in [0.2, 0.25) is 0 Å². The molecule has 1 aliphatic heterocycles. The number of pyridine rings is 1. The van der Waals surface area contributed by atoms with Crippen molar-refractivity contribution < 1.29 is 4.74 Å². The molecule has 19 heavy (non-hydrogen) atoms. The summed E-state index contributed by atoms with van der Waals surface area (Å²) in [5, 5.41) is 0. The van der Waals surface area contributed by atoms with E-state index in [9.17, 15) is 0 Å². The Kier molecular flexibility index (Phi) is 5.02. The van der Waals surface area contributed by atoms with Gasteiger partial charge in [0, 0.05) is 18.8 Å². The van der Waals surface area contributed by atoms with Crippen LogP contribution in [-0.2, 0) is 0 Å². The number of rotatable bonds is 6. The van der Waals surface area contributed by atoms with Crippen molar-refractivity contribution in [2.75, 3.05) is 18.0 Å². The minimum Gasteiger partial charge on any atom is -0.487 e. The van der Waals surface area contributed by atoms with Crippen molar-refractivity contribution >= 4 is 5.82 Å². The molecular weight excluding hydrogens is 238 g/mol. The molecule has 0 aliphatic carbocycles. The molecule has 1 aromatic heterocycles. The third kappa shape index (κ3) is 3.60. The molecule has 4 nitrogen and oxygen atoms in total. The molecule has 0 saturated carbocycles. The van der Waals surface area contributed by atoms with Gasteiger partial charge in [-0.25, -0.2) is 4.98 Å². The first-order chi connectivity index (χ1) is 9.22. The molecule has 2 heterocycles. The fourth-order valence-corrected chi connectivity index (χ4v) is 2.71. The second-order valence-electron chi connectivity index (χ2n) is 5.41. The zero-order chi connectivity index (χ0) is 13.7. The van der Waals surface area contributed by atoms with Crippen molar-refractivity contribution in [1.82, 2.24) is 4.98 Å². The molecule has 1 atom stereocenters. The molecule has 4 heteroatoms. The van der Waals surface area contributed by atoms with E-state index >= 15 is 0 Å². The smallest absolute Gasteiger partial charge is 0.171 e. The molecule has 0 radical (unpaired) electrons. The van der Waals surface area contributed by atoms with Gasteiger partial charge >= 0.3 is 0 Å². The van der Waals surface area contributed by atoms with Gasteiger partial charge in [-0.3, -0.25) is 0 Å². The minimum absolute atomic E-state index is 0.174. The lowest BCUT2D eigenvalue weighted by atomic mass is 10.1. The second kappa shape index (κ2) is 6.75. The number of hydrogen-bond acceptors (Lipinski definition) is 4. The number of anilines is 1. The Morgan fingerprint density at radius 3 is 3.11 bits per heavy atom. The second-order valence-corrected chi connectivity index (χ2v) is 5.41. The topological polar surface area (TPSA) is 51.4 Å². The Morgan fingerprint density at radius 1 is 1.53 bits per heavy atom. The van der Waals surface area contributed by atoms with Crippen LogP contribution in [0.15, 0.2) is 18.3 Å². The predicted molar refractivity (Wildman–Crippen MR) is 78.7 cm³/mol. The first-order valence-electron chi connectivity index (χ1n) is 7.30. The summed E-state index contributed by atoms with van der Waals surface area (Å²) in [5.74, 6) is 1.90. The lowest BCUT2D eigenvalue weighted by molar-refractivity contribution is 0.241. The third-order valence-electron chi connectivity index (χ3n) is 3.50. The number of nitrogens with zero attached hydrogens (tertiary/aromatic N) is 2. The van der Waals surface area contributed by atoms with Crippen molar-refractivity contribution in [2.45, 2.75) is 51.7 Å². The van der Waals surface area contributed by atoms with Crippen LogP contribution >= 0.6 is 0 Å². The summed E-state index contributed by atoms with van der Waals surface area (Å²) in [6, 6.07) is 4.51. The standard InChI is InChI=1S/C15H25N3O/c1-12(2)19-14-8-4-10-17-15(14)18-11-5-7-13(18)6-3-9-16/h4,8,10,12-13H,3,5-7,9,11,16H2,1-2H3. The Labute approximate surface area is 116 Å². The van der Waals surface area contributed by atoms with E-state index in [1.165, 1.54) is 12.8 Å². The maximum atomic E-state index is 5.88. The van der Waals surface area contributed by atoms with Gasteiger partial charge in [-0.2, -0.15) is 0 Å². The van der Waals surface area contributed by atoms with Crippen molar-refractivity contribution in [3.8, 4) is 5.75 Å². The largest absolute Gasteiger partial charge is 0.487 e. The number of hydrogen-bond donors (Lipinski definition) is 1. The van der Waals surface area contributed by atoms with Crippen LogP contribution in [0.3, 0.4) is 0 Å². The first kappa shape index (κ1) is 14.1. The summed E-state index contributed by atoms with van der Waals surface area (Å²) in [5.41, 5.74) is 5.63. The Morgan fingerprint density at radius 2 is 2.37 bits per heavy atom. The lowest BCUT2D eigenvalue weighted by Gasteiger charge is -2.27.